The Bertz CT molecular complexity index is 816. The fraction of sp³-hybridized carbons (Fsp3) is 0. The van der Waals surface area contributed by atoms with Crippen molar-refractivity contribution < 1.29 is 9.18 Å². The second-order valence-corrected chi connectivity index (χ2v) is 4.77. The van der Waals surface area contributed by atoms with Crippen LogP contribution in [0.5, 0.6) is 0 Å². The summed E-state index contributed by atoms with van der Waals surface area (Å²) in [5, 5.41) is 2.05. The van der Waals surface area contributed by atoms with Crippen molar-refractivity contribution >= 4 is 28.2 Å². The van der Waals surface area contributed by atoms with Crippen LogP contribution in [0.2, 0.25) is 5.15 Å². The third-order valence-corrected chi connectivity index (χ3v) is 3.28. The van der Waals surface area contributed by atoms with Gasteiger partial charge in [0.25, 0.3) is 0 Å². The predicted octanol–water partition coefficient (Wildman–Crippen LogP) is 4.26. The highest BCUT2D eigenvalue weighted by molar-refractivity contribution is 6.30. The molecule has 0 N–H and O–H groups in total. The zero-order valence-electron chi connectivity index (χ0n) is 10.3. The third kappa shape index (κ3) is 2.28. The standard InChI is InChI=1S/C16H9ClFNO/c17-15-8-13(14(18)9-19-15)16(20)12-6-5-10-3-1-2-4-11(10)7-12/h1-9H. The van der Waals surface area contributed by atoms with Crippen LogP contribution in [0.3, 0.4) is 0 Å². The van der Waals surface area contributed by atoms with Crippen LogP contribution in [0.1, 0.15) is 15.9 Å². The number of nitrogens with zero attached hydrogens (tertiary/aromatic N) is 1. The fourth-order valence-corrected chi connectivity index (χ4v) is 2.23. The number of carbonyl (C=O) groups is 1. The Kier molecular flexibility index (Phi) is 3.20. The van der Waals surface area contributed by atoms with E-state index in [-0.39, 0.29) is 10.7 Å². The summed E-state index contributed by atoms with van der Waals surface area (Å²) in [5.74, 6) is -1.08. The van der Waals surface area contributed by atoms with Gasteiger partial charge in [0, 0.05) is 5.56 Å². The van der Waals surface area contributed by atoms with Crippen molar-refractivity contribution in [2.24, 2.45) is 0 Å². The minimum Gasteiger partial charge on any atom is -0.288 e. The average molecular weight is 286 g/mol. The summed E-state index contributed by atoms with van der Waals surface area (Å²) in [6.07, 6.45) is 0.955. The first-order valence-electron chi connectivity index (χ1n) is 6.00. The number of ketones is 1. The molecule has 0 aliphatic rings. The Morgan fingerprint density at radius 2 is 1.80 bits per heavy atom. The van der Waals surface area contributed by atoms with Crippen LogP contribution >= 0.6 is 11.6 Å². The SMILES string of the molecule is O=C(c1ccc2ccccc2c1)c1cc(Cl)ncc1F. The molecular weight excluding hydrogens is 277 g/mol. The van der Waals surface area contributed by atoms with E-state index in [9.17, 15) is 9.18 Å². The molecule has 1 aromatic heterocycles. The van der Waals surface area contributed by atoms with Crippen molar-refractivity contribution in [1.29, 1.82) is 0 Å². The van der Waals surface area contributed by atoms with E-state index in [0.29, 0.717) is 5.56 Å². The first kappa shape index (κ1) is 12.8. The molecule has 0 saturated heterocycles. The quantitative estimate of drug-likeness (QED) is 0.520. The van der Waals surface area contributed by atoms with Crippen LogP contribution in [0.25, 0.3) is 10.8 Å². The number of fused-ring (bicyclic) bond motifs is 1. The maximum atomic E-state index is 13.7. The van der Waals surface area contributed by atoms with Gasteiger partial charge in [0.05, 0.1) is 11.8 Å². The Labute approximate surface area is 119 Å². The number of rotatable bonds is 2. The maximum absolute atomic E-state index is 13.7. The lowest BCUT2D eigenvalue weighted by atomic mass is 10.0. The molecule has 0 saturated carbocycles. The van der Waals surface area contributed by atoms with E-state index in [4.69, 9.17) is 11.6 Å². The minimum atomic E-state index is -0.674. The molecular formula is C16H9ClFNO. The number of pyridine rings is 1. The van der Waals surface area contributed by atoms with Crippen LogP contribution in [-0.4, -0.2) is 10.8 Å². The van der Waals surface area contributed by atoms with Crippen LogP contribution in [0.4, 0.5) is 4.39 Å². The lowest BCUT2D eigenvalue weighted by molar-refractivity contribution is 0.103. The second kappa shape index (κ2) is 5.02. The topological polar surface area (TPSA) is 30.0 Å². The smallest absolute Gasteiger partial charge is 0.196 e. The van der Waals surface area contributed by atoms with Crippen molar-refractivity contribution in [3.05, 3.63) is 76.8 Å². The van der Waals surface area contributed by atoms with Gasteiger partial charge >= 0.3 is 0 Å². The molecule has 0 atom stereocenters. The largest absolute Gasteiger partial charge is 0.288 e. The molecule has 3 aromatic rings. The monoisotopic (exact) mass is 285 g/mol. The first-order valence-corrected chi connectivity index (χ1v) is 6.37. The summed E-state index contributed by atoms with van der Waals surface area (Å²) in [6, 6.07) is 14.2. The molecule has 0 fully saturated rings. The summed E-state index contributed by atoms with van der Waals surface area (Å²) < 4.78 is 13.7. The molecule has 4 heteroatoms. The summed E-state index contributed by atoms with van der Waals surface area (Å²) in [4.78, 5) is 15.9. The zero-order valence-corrected chi connectivity index (χ0v) is 11.1. The summed E-state index contributed by atoms with van der Waals surface area (Å²) in [7, 11) is 0. The van der Waals surface area contributed by atoms with Gasteiger partial charge in [0.1, 0.15) is 5.15 Å². The molecule has 0 radical (unpaired) electrons. The first-order chi connectivity index (χ1) is 9.65. The summed E-state index contributed by atoms with van der Waals surface area (Å²) in [6.45, 7) is 0. The van der Waals surface area contributed by atoms with Gasteiger partial charge < -0.3 is 0 Å². The molecule has 0 aliphatic heterocycles. The number of carbonyl (C=O) groups excluding carboxylic acids is 1. The molecule has 0 amide bonds. The molecule has 1 heterocycles. The zero-order chi connectivity index (χ0) is 14.1. The van der Waals surface area contributed by atoms with Crippen LogP contribution in [-0.2, 0) is 0 Å². The highest BCUT2D eigenvalue weighted by Crippen LogP contribution is 2.20. The molecule has 0 spiro atoms. The lowest BCUT2D eigenvalue weighted by Crippen LogP contribution is -2.05. The van der Waals surface area contributed by atoms with E-state index < -0.39 is 11.6 Å². The molecule has 20 heavy (non-hydrogen) atoms. The van der Waals surface area contributed by atoms with Crippen LogP contribution in [0.15, 0.2) is 54.7 Å². The summed E-state index contributed by atoms with van der Waals surface area (Å²) >= 11 is 5.71. The van der Waals surface area contributed by atoms with Crippen molar-refractivity contribution in [3.63, 3.8) is 0 Å². The van der Waals surface area contributed by atoms with Crippen molar-refractivity contribution in [2.45, 2.75) is 0 Å². The van der Waals surface area contributed by atoms with Gasteiger partial charge in [0.2, 0.25) is 0 Å². The Balaban J connectivity index is 2.10. The fourth-order valence-electron chi connectivity index (χ4n) is 2.07. The van der Waals surface area contributed by atoms with Gasteiger partial charge in [-0.2, -0.15) is 0 Å². The summed E-state index contributed by atoms with van der Waals surface area (Å²) in [5.41, 5.74) is 0.352. The molecule has 0 aliphatic carbocycles. The molecule has 0 unspecified atom stereocenters. The number of aromatic nitrogens is 1. The number of benzene rings is 2. The number of hydrogen-bond acceptors (Lipinski definition) is 2. The predicted molar refractivity (Wildman–Crippen MR) is 76.6 cm³/mol. The Hall–Kier alpha value is -2.26. The Morgan fingerprint density at radius 3 is 2.60 bits per heavy atom. The number of hydrogen-bond donors (Lipinski definition) is 0. The highest BCUT2D eigenvalue weighted by atomic mass is 35.5. The molecule has 98 valence electrons. The van der Waals surface area contributed by atoms with E-state index in [2.05, 4.69) is 4.98 Å². The molecule has 3 rings (SSSR count). The highest BCUT2D eigenvalue weighted by Gasteiger charge is 2.15. The van der Waals surface area contributed by atoms with Gasteiger partial charge in [0.15, 0.2) is 11.6 Å². The van der Waals surface area contributed by atoms with E-state index in [1.807, 2.05) is 30.3 Å². The lowest BCUT2D eigenvalue weighted by Gasteiger charge is -2.05. The van der Waals surface area contributed by atoms with Crippen LogP contribution < -0.4 is 0 Å². The van der Waals surface area contributed by atoms with Gasteiger partial charge in [-0.05, 0) is 22.9 Å². The van der Waals surface area contributed by atoms with Gasteiger partial charge in [-0.15, -0.1) is 0 Å². The van der Waals surface area contributed by atoms with Crippen molar-refractivity contribution in [1.82, 2.24) is 4.98 Å². The number of halogens is 2. The third-order valence-electron chi connectivity index (χ3n) is 3.08. The normalized spacial score (nSPS) is 10.7. The van der Waals surface area contributed by atoms with Gasteiger partial charge in [-0.1, -0.05) is 48.0 Å². The van der Waals surface area contributed by atoms with E-state index in [1.165, 1.54) is 6.07 Å². The average Bonchev–Trinajstić information content (AvgIpc) is 2.48. The second-order valence-electron chi connectivity index (χ2n) is 4.38. The van der Waals surface area contributed by atoms with E-state index >= 15 is 0 Å². The van der Waals surface area contributed by atoms with E-state index in [1.54, 1.807) is 12.1 Å². The van der Waals surface area contributed by atoms with Crippen LogP contribution in [0, 0.1) is 5.82 Å². The van der Waals surface area contributed by atoms with Gasteiger partial charge in [-0.25, -0.2) is 9.37 Å². The molecule has 0 bridgehead atoms. The van der Waals surface area contributed by atoms with Crippen molar-refractivity contribution in [2.75, 3.05) is 0 Å². The van der Waals surface area contributed by atoms with Crippen molar-refractivity contribution in [3.8, 4) is 0 Å². The van der Waals surface area contributed by atoms with Gasteiger partial charge in [-0.3, -0.25) is 4.79 Å². The maximum Gasteiger partial charge on any atom is 0.196 e. The minimum absolute atomic E-state index is 0.0692. The Morgan fingerprint density at radius 1 is 1.05 bits per heavy atom. The molecule has 2 aromatic carbocycles. The molecule has 2 nitrogen and oxygen atoms in total. The van der Waals surface area contributed by atoms with E-state index in [0.717, 1.165) is 17.0 Å².